The van der Waals surface area contributed by atoms with Crippen LogP contribution in [0.5, 0.6) is 0 Å². The number of aliphatic hydroxyl groups is 18. The maximum absolute atomic E-state index is 11.9. The van der Waals surface area contributed by atoms with Gasteiger partial charge in [0.25, 0.3) is 0 Å². The minimum atomic E-state index is -1.97. The van der Waals surface area contributed by atoms with Crippen molar-refractivity contribution in [3.05, 3.63) is 11.6 Å². The predicted molar refractivity (Wildman–Crippen MR) is 319 cm³/mol. The number of hydrogen-bond donors (Lipinski definition) is 18. The molecule has 11 rings (SSSR count). The third-order valence-corrected chi connectivity index (χ3v) is 24.0. The molecule has 0 radical (unpaired) electrons. The molecule has 96 heavy (non-hydrogen) atoms. The van der Waals surface area contributed by atoms with Crippen LogP contribution in [0, 0.1) is 46.3 Å². The Hall–Kier alpha value is -1.54. The van der Waals surface area contributed by atoms with E-state index in [-0.39, 0.29) is 41.3 Å². The summed E-state index contributed by atoms with van der Waals surface area (Å²) in [5.74, 6) is 0.163. The minimum Gasteiger partial charge on any atom is -0.394 e. The Labute approximate surface area is 556 Å². The SMILES string of the molecule is CO[C@]1(CC[C@H](C)CO[C@H]2O[C@@H](CO[C@H]3O[C@@H](CO)[C@H](O)[C@@H](O)[C@@H]3O)[C@H](O)[C@@H](O)[C@@H]2O)O[C@H]2C[C@H]3[C@@H]4CC=C5C[C@H](O[C@H]6O[C@@H](CO)[C@H](O)[C@@H](O[C@H]7O[C@@H](C)[C@H](O[C@H]8O[C@@H](CO)[C@H](O)[C@@H](O)[C@@H]8O)[C@@H](O)[C@@H]7O)[C@@H]6O[C@H]6O[C@@H](C)[C@H](O)[C@@H](O)[C@@H]6O)CC[C@@]5(C)[C@H]4CC[C@@]3(C)[C@H]2[C@@H]1C. The summed E-state index contributed by atoms with van der Waals surface area (Å²) in [5, 5.41) is 192. The van der Waals surface area contributed by atoms with Gasteiger partial charge in [-0.05, 0) is 106 Å². The van der Waals surface area contributed by atoms with Crippen LogP contribution in [0.3, 0.4) is 0 Å². The van der Waals surface area contributed by atoms with Crippen molar-refractivity contribution in [1.29, 1.82) is 0 Å². The quantitative estimate of drug-likeness (QED) is 0.0476. The Balaban J connectivity index is 0.725. The van der Waals surface area contributed by atoms with Crippen LogP contribution < -0.4 is 0 Å². The van der Waals surface area contributed by atoms with Gasteiger partial charge in [0.15, 0.2) is 43.5 Å². The van der Waals surface area contributed by atoms with Crippen LogP contribution in [0.25, 0.3) is 0 Å². The van der Waals surface area contributed by atoms with Crippen LogP contribution in [-0.4, -0.2) is 334 Å². The highest BCUT2D eigenvalue weighted by Gasteiger charge is 2.69. The molecule has 32 heteroatoms. The highest BCUT2D eigenvalue weighted by atomic mass is 16.8. The number of fused-ring (bicyclic) bond motifs is 7. The molecule has 0 unspecified atom stereocenters. The number of allylic oxidation sites excluding steroid dienone is 1. The van der Waals surface area contributed by atoms with Gasteiger partial charge in [0.2, 0.25) is 0 Å². The maximum Gasteiger partial charge on any atom is 0.187 e. The largest absolute Gasteiger partial charge is 0.394 e. The summed E-state index contributed by atoms with van der Waals surface area (Å²) in [7, 11) is 1.67. The lowest BCUT2D eigenvalue weighted by Gasteiger charge is -2.58. The second-order valence-electron chi connectivity index (χ2n) is 29.6. The first-order chi connectivity index (χ1) is 45.4. The van der Waals surface area contributed by atoms with Crippen molar-refractivity contribution < 1.29 is 158 Å². The first kappa shape index (κ1) is 75.6. The number of methoxy groups -OCH3 is 1. The van der Waals surface area contributed by atoms with Crippen LogP contribution in [0.15, 0.2) is 11.6 Å². The summed E-state index contributed by atoms with van der Waals surface area (Å²) < 4.78 is 85.4. The molecule has 41 atom stereocenters. The maximum atomic E-state index is 11.9. The Morgan fingerprint density at radius 1 is 0.510 bits per heavy atom. The second kappa shape index (κ2) is 30.3. The topological polar surface area (TPSA) is 493 Å². The van der Waals surface area contributed by atoms with Gasteiger partial charge in [-0.25, -0.2) is 0 Å². The number of ether oxygens (including phenoxy) is 14. The van der Waals surface area contributed by atoms with Gasteiger partial charge in [-0.15, -0.1) is 0 Å². The molecule has 0 spiro atoms. The summed E-state index contributed by atoms with van der Waals surface area (Å²) in [6, 6.07) is 0. The average molecular weight is 1390 g/mol. The number of hydrogen-bond acceptors (Lipinski definition) is 32. The van der Waals surface area contributed by atoms with Crippen molar-refractivity contribution in [1.82, 2.24) is 0 Å². The van der Waals surface area contributed by atoms with E-state index in [0.717, 1.165) is 32.1 Å². The van der Waals surface area contributed by atoms with Gasteiger partial charge in [-0.3, -0.25) is 0 Å². The summed E-state index contributed by atoms with van der Waals surface area (Å²) in [4.78, 5) is 0. The summed E-state index contributed by atoms with van der Waals surface area (Å²) in [6.07, 6.45) is -39.8. The molecule has 18 N–H and O–H groups in total. The van der Waals surface area contributed by atoms with E-state index in [2.05, 4.69) is 26.8 Å². The van der Waals surface area contributed by atoms with Crippen LogP contribution in [0.4, 0.5) is 0 Å². The Bertz CT molecular complexity index is 2560. The van der Waals surface area contributed by atoms with E-state index in [0.29, 0.717) is 43.4 Å². The molecule has 32 nitrogen and oxygen atoms in total. The van der Waals surface area contributed by atoms with Crippen molar-refractivity contribution in [3.63, 3.8) is 0 Å². The van der Waals surface area contributed by atoms with E-state index in [1.807, 2.05) is 6.92 Å². The van der Waals surface area contributed by atoms with Crippen molar-refractivity contribution in [2.75, 3.05) is 40.1 Å². The van der Waals surface area contributed by atoms with Crippen LogP contribution >= 0.6 is 0 Å². The number of rotatable bonds is 21. The van der Waals surface area contributed by atoms with Gasteiger partial charge in [-0.1, -0.05) is 39.3 Å². The van der Waals surface area contributed by atoms with E-state index in [9.17, 15) is 91.9 Å². The molecular weight excluding hydrogens is 1280 g/mol. The molecular formula is C64H106O32. The standard InChI is InChI=1S/C64H106O32/c1-23(21-84-56-49(79)46(76)41(71)36(92-56)22-85-57-48(78)44(74)39(69)33(18-65)89-57)10-15-64(83-7)24(2)37-32(96-64)17-31-29-9-8-27-16-28(11-13-62(27,5)30(29)12-14-63(31,37)6)88-61-55(95-58-50(80)43(73)38(68)25(3)86-58)54(42(72)35(20-67)91-61)94-59-52(82)47(77)53(26(4)87-59)93-60-51(81)45(75)40(70)34(19-66)90-60/h8,23-26,28-61,65-82H,9-22H2,1-7H3/t23-,24-,25-,26-,28+,29+,30-,31-,32-,33-,34-,35-,36-,37-,38-,39-,40-,41-,42-,43+,44+,45+,46+,47-,48-,49-,50-,51-,52-,53-,54+,55-,56-,57-,58+,59+,60+,61-,62+,63+,64+/m0/s1. The zero-order valence-electron chi connectivity index (χ0n) is 55.2. The van der Waals surface area contributed by atoms with Gasteiger partial charge >= 0.3 is 0 Å². The predicted octanol–water partition coefficient (Wildman–Crippen LogP) is -5.68. The highest BCUT2D eigenvalue weighted by molar-refractivity contribution is 5.27. The van der Waals surface area contributed by atoms with Crippen LogP contribution in [0.1, 0.15) is 99.3 Å². The molecule has 10 fully saturated rings. The normalized spacial score (nSPS) is 54.8. The minimum absolute atomic E-state index is 0.00416. The lowest BCUT2D eigenvalue weighted by atomic mass is 9.47. The van der Waals surface area contributed by atoms with Gasteiger partial charge < -0.3 is 158 Å². The van der Waals surface area contributed by atoms with E-state index in [4.69, 9.17) is 66.3 Å². The van der Waals surface area contributed by atoms with E-state index < -0.39 is 223 Å². The second-order valence-corrected chi connectivity index (χ2v) is 29.6. The van der Waals surface area contributed by atoms with Crippen molar-refractivity contribution in [2.24, 2.45) is 46.3 Å². The highest BCUT2D eigenvalue weighted by Crippen LogP contribution is 2.70. The molecule has 7 aliphatic heterocycles. The van der Waals surface area contributed by atoms with Gasteiger partial charge in [0.05, 0.1) is 57.5 Å². The molecule has 7 saturated heterocycles. The lowest BCUT2D eigenvalue weighted by Crippen LogP contribution is -2.67. The third kappa shape index (κ3) is 14.0. The van der Waals surface area contributed by atoms with Crippen LogP contribution in [-0.2, 0) is 66.3 Å². The molecule has 4 aliphatic carbocycles. The van der Waals surface area contributed by atoms with Gasteiger partial charge in [0, 0.05) is 19.4 Å². The zero-order chi connectivity index (χ0) is 69.5. The summed E-state index contributed by atoms with van der Waals surface area (Å²) >= 11 is 0. The fourth-order valence-electron chi connectivity index (χ4n) is 18.1. The zero-order valence-corrected chi connectivity index (χ0v) is 55.2. The monoisotopic (exact) mass is 1390 g/mol. The molecule has 0 bridgehead atoms. The molecule has 554 valence electrons. The summed E-state index contributed by atoms with van der Waals surface area (Å²) in [5.41, 5.74) is 0.913. The van der Waals surface area contributed by atoms with E-state index >= 15 is 0 Å². The van der Waals surface area contributed by atoms with Crippen LogP contribution in [0.2, 0.25) is 0 Å². The van der Waals surface area contributed by atoms with Gasteiger partial charge in [0.1, 0.15) is 134 Å². The molecule has 0 aromatic heterocycles. The molecule has 0 aromatic rings. The molecule has 3 saturated carbocycles. The average Bonchev–Trinajstić information content (AvgIpc) is 1.51. The fraction of sp³-hybridized carbons (Fsp3) is 0.969. The van der Waals surface area contributed by atoms with Gasteiger partial charge in [-0.2, -0.15) is 0 Å². The first-order valence-electron chi connectivity index (χ1n) is 34.2. The first-order valence-corrected chi connectivity index (χ1v) is 34.2. The van der Waals surface area contributed by atoms with Crippen molar-refractivity contribution in [3.8, 4) is 0 Å². The van der Waals surface area contributed by atoms with E-state index in [1.165, 1.54) is 19.4 Å². The Morgan fingerprint density at radius 2 is 1.02 bits per heavy atom. The lowest BCUT2D eigenvalue weighted by molar-refractivity contribution is -0.398. The third-order valence-electron chi connectivity index (χ3n) is 24.0. The molecule has 0 amide bonds. The smallest absolute Gasteiger partial charge is 0.187 e. The fourth-order valence-corrected chi connectivity index (χ4v) is 18.1. The number of aliphatic hydroxyl groups excluding tert-OH is 18. The molecule has 7 heterocycles. The van der Waals surface area contributed by atoms with Crippen molar-refractivity contribution >= 4 is 0 Å². The molecule has 11 aliphatic rings. The molecule has 0 aromatic carbocycles. The Kier molecular flexibility index (Phi) is 23.8. The van der Waals surface area contributed by atoms with E-state index in [1.54, 1.807) is 7.11 Å². The van der Waals surface area contributed by atoms with Crippen molar-refractivity contribution in [2.45, 2.75) is 302 Å². The Morgan fingerprint density at radius 3 is 1.65 bits per heavy atom. The summed E-state index contributed by atoms with van der Waals surface area (Å²) in [6.45, 7) is 9.19.